The molecule has 3 aromatic rings. The zero-order chi connectivity index (χ0) is 14.3. The van der Waals surface area contributed by atoms with Crippen LogP contribution < -0.4 is 0 Å². The third kappa shape index (κ3) is 1.90. The number of hydrogen-bond donors (Lipinski definition) is 0. The van der Waals surface area contributed by atoms with E-state index in [0.717, 1.165) is 22.2 Å². The molecule has 0 radical (unpaired) electrons. The highest BCUT2D eigenvalue weighted by Gasteiger charge is 2.14. The maximum atomic E-state index is 14.4. The number of benzene rings is 2. The molecule has 0 bridgehead atoms. The van der Waals surface area contributed by atoms with Crippen LogP contribution in [0.1, 0.15) is 18.1 Å². The topological polar surface area (TPSA) is 30.7 Å². The molecular weight excluding hydrogens is 253 g/mol. The Labute approximate surface area is 116 Å². The Hall–Kier alpha value is -2.49. The summed E-state index contributed by atoms with van der Waals surface area (Å²) in [6, 6.07) is 11.0. The van der Waals surface area contributed by atoms with E-state index in [4.69, 9.17) is 0 Å². The summed E-state index contributed by atoms with van der Waals surface area (Å²) in [5.41, 5.74) is 4.28. The fraction of sp³-hybridized carbons (Fsp3) is 0.125. The molecule has 0 saturated heterocycles. The van der Waals surface area contributed by atoms with Crippen molar-refractivity contribution in [2.24, 2.45) is 0 Å². The Morgan fingerprint density at radius 1 is 1.25 bits per heavy atom. The van der Waals surface area contributed by atoms with Crippen LogP contribution in [0.2, 0.25) is 0 Å². The second kappa shape index (κ2) is 4.56. The van der Waals surface area contributed by atoms with E-state index in [1.165, 1.54) is 4.68 Å². The summed E-state index contributed by atoms with van der Waals surface area (Å²) in [5.74, 6) is -0.286. The predicted octanol–water partition coefficient (Wildman–Crippen LogP) is 3.90. The molecule has 0 aliphatic heterocycles. The first-order chi connectivity index (χ1) is 9.58. The van der Waals surface area contributed by atoms with Crippen LogP contribution in [0, 0.1) is 12.7 Å². The van der Waals surface area contributed by atoms with Gasteiger partial charge in [-0.3, -0.25) is 0 Å². The molecule has 0 unspecified atom stereocenters. The van der Waals surface area contributed by atoms with E-state index in [1.54, 1.807) is 19.1 Å². The van der Waals surface area contributed by atoms with E-state index >= 15 is 0 Å². The fourth-order valence-electron chi connectivity index (χ4n) is 2.20. The lowest BCUT2D eigenvalue weighted by atomic mass is 10.0. The van der Waals surface area contributed by atoms with Crippen LogP contribution in [0.5, 0.6) is 0 Å². The van der Waals surface area contributed by atoms with Gasteiger partial charge in [0.25, 0.3) is 0 Å². The van der Waals surface area contributed by atoms with Crippen molar-refractivity contribution in [3.63, 3.8) is 0 Å². The summed E-state index contributed by atoms with van der Waals surface area (Å²) in [7, 11) is 0. The molecule has 0 aliphatic carbocycles. The van der Waals surface area contributed by atoms with Crippen LogP contribution in [-0.4, -0.2) is 15.0 Å². The number of nitrogens with zero attached hydrogens (tertiary/aromatic N) is 3. The maximum Gasteiger partial charge on any atom is 0.151 e. The molecule has 4 heteroatoms. The van der Waals surface area contributed by atoms with Crippen LogP contribution in [0.25, 0.3) is 22.3 Å². The van der Waals surface area contributed by atoms with Crippen LogP contribution in [-0.2, 0) is 0 Å². The van der Waals surface area contributed by atoms with E-state index in [-0.39, 0.29) is 5.82 Å². The van der Waals surface area contributed by atoms with E-state index in [9.17, 15) is 4.39 Å². The van der Waals surface area contributed by atoms with Crippen LogP contribution in [0.15, 0.2) is 43.0 Å². The minimum Gasteiger partial charge on any atom is -0.210 e. The van der Waals surface area contributed by atoms with Crippen molar-refractivity contribution in [3.8, 4) is 5.69 Å². The van der Waals surface area contributed by atoms with Gasteiger partial charge in [0.1, 0.15) is 11.2 Å². The van der Waals surface area contributed by atoms with Gasteiger partial charge in [-0.2, -0.15) is 0 Å². The number of fused-ring (bicyclic) bond motifs is 1. The van der Waals surface area contributed by atoms with Crippen LogP contribution in [0.3, 0.4) is 0 Å². The lowest BCUT2D eigenvalue weighted by Crippen LogP contribution is -2.03. The van der Waals surface area contributed by atoms with Crippen molar-refractivity contribution >= 4 is 16.6 Å². The number of halogens is 1. The lowest BCUT2D eigenvalue weighted by Gasteiger charge is -2.10. The number of aromatic nitrogens is 3. The summed E-state index contributed by atoms with van der Waals surface area (Å²) >= 11 is 0. The summed E-state index contributed by atoms with van der Waals surface area (Å²) in [6.45, 7) is 7.55. The minimum atomic E-state index is -0.286. The molecule has 1 aromatic heterocycles. The van der Waals surface area contributed by atoms with Gasteiger partial charge in [0.05, 0.1) is 5.52 Å². The summed E-state index contributed by atoms with van der Waals surface area (Å²) in [4.78, 5) is 0. The first-order valence-electron chi connectivity index (χ1n) is 6.35. The molecule has 100 valence electrons. The van der Waals surface area contributed by atoms with Gasteiger partial charge in [-0.05, 0) is 49.2 Å². The minimum absolute atomic E-state index is 0.286. The van der Waals surface area contributed by atoms with Crippen molar-refractivity contribution in [3.05, 3.63) is 59.9 Å². The fourth-order valence-corrected chi connectivity index (χ4v) is 2.20. The molecule has 3 nitrogen and oxygen atoms in total. The zero-order valence-corrected chi connectivity index (χ0v) is 11.4. The van der Waals surface area contributed by atoms with Crippen molar-refractivity contribution in [2.75, 3.05) is 0 Å². The van der Waals surface area contributed by atoms with Crippen molar-refractivity contribution in [2.45, 2.75) is 13.8 Å². The number of rotatable bonds is 2. The molecular formula is C16H14FN3. The van der Waals surface area contributed by atoms with E-state index in [1.807, 2.05) is 31.2 Å². The average Bonchev–Trinajstić information content (AvgIpc) is 2.85. The largest absolute Gasteiger partial charge is 0.210 e. The molecule has 0 aliphatic rings. The second-order valence-corrected chi connectivity index (χ2v) is 4.90. The Morgan fingerprint density at radius 2 is 2.00 bits per heavy atom. The second-order valence-electron chi connectivity index (χ2n) is 4.90. The molecule has 0 N–H and O–H groups in total. The van der Waals surface area contributed by atoms with Gasteiger partial charge in [0.15, 0.2) is 5.82 Å². The van der Waals surface area contributed by atoms with Crippen molar-refractivity contribution in [1.82, 2.24) is 15.0 Å². The summed E-state index contributed by atoms with van der Waals surface area (Å²) in [5, 5.41) is 8.13. The number of allylic oxidation sites excluding steroid dienone is 1. The smallest absolute Gasteiger partial charge is 0.151 e. The van der Waals surface area contributed by atoms with Gasteiger partial charge >= 0.3 is 0 Å². The molecule has 1 heterocycles. The molecule has 3 rings (SSSR count). The van der Waals surface area contributed by atoms with Gasteiger partial charge in [-0.25, -0.2) is 9.07 Å². The molecule has 0 amide bonds. The lowest BCUT2D eigenvalue weighted by molar-refractivity contribution is 0.601. The summed E-state index contributed by atoms with van der Waals surface area (Å²) in [6.07, 6.45) is 0. The third-order valence-corrected chi connectivity index (χ3v) is 3.31. The molecule has 20 heavy (non-hydrogen) atoms. The molecule has 2 aromatic carbocycles. The highest BCUT2D eigenvalue weighted by atomic mass is 19.1. The standard InChI is InChI=1S/C16H14FN3/c1-10(2)12-8-11(3)16(17)15(9-12)20-14-7-5-4-6-13(14)18-19-20/h4-9H,1H2,2-3H3. The molecule has 0 saturated carbocycles. The first-order valence-corrected chi connectivity index (χ1v) is 6.35. The number of para-hydroxylation sites is 1. The normalized spacial score (nSPS) is 10.9. The highest BCUT2D eigenvalue weighted by molar-refractivity contribution is 5.76. The maximum absolute atomic E-state index is 14.4. The van der Waals surface area contributed by atoms with Crippen molar-refractivity contribution in [1.29, 1.82) is 0 Å². The molecule has 0 fully saturated rings. The Morgan fingerprint density at radius 3 is 2.75 bits per heavy atom. The van der Waals surface area contributed by atoms with Gasteiger partial charge in [-0.15, -0.1) is 5.10 Å². The van der Waals surface area contributed by atoms with E-state index < -0.39 is 0 Å². The predicted molar refractivity (Wildman–Crippen MR) is 78.3 cm³/mol. The average molecular weight is 267 g/mol. The van der Waals surface area contributed by atoms with Gasteiger partial charge in [-0.1, -0.05) is 29.5 Å². The number of hydrogen-bond acceptors (Lipinski definition) is 2. The monoisotopic (exact) mass is 267 g/mol. The zero-order valence-electron chi connectivity index (χ0n) is 11.4. The van der Waals surface area contributed by atoms with Gasteiger partial charge in [0.2, 0.25) is 0 Å². The summed E-state index contributed by atoms with van der Waals surface area (Å²) < 4.78 is 15.9. The van der Waals surface area contributed by atoms with Crippen LogP contribution in [0.4, 0.5) is 4.39 Å². The van der Waals surface area contributed by atoms with Gasteiger partial charge in [0, 0.05) is 0 Å². The third-order valence-electron chi connectivity index (χ3n) is 3.31. The Kier molecular flexibility index (Phi) is 2.86. The SMILES string of the molecule is C=C(C)c1cc(C)c(F)c(-n2nnc3ccccc32)c1. The first kappa shape index (κ1) is 12.5. The molecule has 0 spiro atoms. The van der Waals surface area contributed by atoms with E-state index in [2.05, 4.69) is 16.9 Å². The number of aryl methyl sites for hydroxylation is 1. The van der Waals surface area contributed by atoms with E-state index in [0.29, 0.717) is 11.3 Å². The molecule has 0 atom stereocenters. The van der Waals surface area contributed by atoms with Gasteiger partial charge < -0.3 is 0 Å². The van der Waals surface area contributed by atoms with Crippen LogP contribution >= 0.6 is 0 Å². The quantitative estimate of drug-likeness (QED) is 0.705. The van der Waals surface area contributed by atoms with Crippen molar-refractivity contribution < 1.29 is 4.39 Å². The Bertz CT molecular complexity index is 818. The highest BCUT2D eigenvalue weighted by Crippen LogP contribution is 2.25. The Balaban J connectivity index is 2.31.